The Hall–Kier alpha value is -2.69. The molecule has 0 unspecified atom stereocenters. The van der Waals surface area contributed by atoms with Crippen molar-refractivity contribution in [2.45, 2.75) is 51.0 Å². The number of piperidine rings is 1. The number of aromatic nitrogens is 1. The number of pyridine rings is 1. The van der Waals surface area contributed by atoms with E-state index < -0.39 is 0 Å². The lowest BCUT2D eigenvalue weighted by Crippen LogP contribution is -2.49. The average molecular weight is 406 g/mol. The van der Waals surface area contributed by atoms with Gasteiger partial charge in [0.1, 0.15) is 0 Å². The molecule has 0 saturated carbocycles. The van der Waals surface area contributed by atoms with E-state index in [2.05, 4.69) is 9.88 Å². The van der Waals surface area contributed by atoms with Crippen LogP contribution in [-0.4, -0.2) is 52.3 Å². The zero-order valence-corrected chi connectivity index (χ0v) is 17.7. The van der Waals surface area contributed by atoms with E-state index in [-0.39, 0.29) is 23.8 Å². The Bertz CT molecular complexity index is 855. The first-order chi connectivity index (χ1) is 14.6. The Labute approximate surface area is 179 Å². The molecule has 1 aromatic carbocycles. The highest BCUT2D eigenvalue weighted by Crippen LogP contribution is 2.33. The number of hydrogen-bond acceptors (Lipinski definition) is 3. The van der Waals surface area contributed by atoms with E-state index in [1.54, 1.807) is 12.4 Å². The Morgan fingerprint density at radius 3 is 2.63 bits per heavy atom. The Balaban J connectivity index is 1.34. The number of nitrogens with zero attached hydrogens (tertiary/aromatic N) is 3. The first kappa shape index (κ1) is 20.6. The molecule has 3 heterocycles. The van der Waals surface area contributed by atoms with Crippen LogP contribution in [0.1, 0.15) is 49.7 Å². The molecule has 2 saturated heterocycles. The largest absolute Gasteiger partial charge is 0.340 e. The van der Waals surface area contributed by atoms with E-state index in [1.807, 2.05) is 54.3 Å². The number of benzene rings is 1. The second kappa shape index (κ2) is 9.41. The molecule has 2 aromatic rings. The average Bonchev–Trinajstić information content (AvgIpc) is 3.24. The summed E-state index contributed by atoms with van der Waals surface area (Å²) < 4.78 is 0. The smallest absolute Gasteiger partial charge is 0.230 e. The third kappa shape index (κ3) is 4.55. The molecule has 2 aliphatic rings. The third-order valence-corrected chi connectivity index (χ3v) is 6.69. The van der Waals surface area contributed by atoms with E-state index in [4.69, 9.17) is 0 Å². The SMILES string of the molecule is C[C@H](C(=O)N1CCC[C@H]2CN(C(=O)CCCc3ccncc3)C[C@H]21)c1ccccc1. The molecule has 0 aliphatic carbocycles. The van der Waals surface area contributed by atoms with Crippen molar-refractivity contribution < 1.29 is 9.59 Å². The van der Waals surface area contributed by atoms with Crippen LogP contribution in [0.4, 0.5) is 0 Å². The molecule has 0 N–H and O–H groups in total. The van der Waals surface area contributed by atoms with Crippen molar-refractivity contribution in [3.05, 3.63) is 66.0 Å². The maximum atomic E-state index is 13.3. The number of likely N-dealkylation sites (tertiary alicyclic amines) is 2. The van der Waals surface area contributed by atoms with Crippen LogP contribution in [-0.2, 0) is 16.0 Å². The molecular formula is C25H31N3O2. The van der Waals surface area contributed by atoms with Gasteiger partial charge in [-0.05, 0) is 61.8 Å². The minimum atomic E-state index is -0.143. The molecule has 4 rings (SSSR count). The van der Waals surface area contributed by atoms with E-state index in [0.29, 0.717) is 18.9 Å². The summed E-state index contributed by atoms with van der Waals surface area (Å²) in [5, 5.41) is 0. The number of rotatable bonds is 6. The van der Waals surface area contributed by atoms with Crippen LogP contribution >= 0.6 is 0 Å². The number of carbonyl (C=O) groups is 2. The van der Waals surface area contributed by atoms with E-state index in [0.717, 1.165) is 44.3 Å². The lowest BCUT2D eigenvalue weighted by Gasteiger charge is -2.38. The Morgan fingerprint density at radius 2 is 1.87 bits per heavy atom. The van der Waals surface area contributed by atoms with Crippen molar-refractivity contribution in [1.29, 1.82) is 0 Å². The van der Waals surface area contributed by atoms with Crippen LogP contribution in [0.2, 0.25) is 0 Å². The van der Waals surface area contributed by atoms with Crippen LogP contribution in [0.15, 0.2) is 54.9 Å². The molecule has 158 valence electrons. The van der Waals surface area contributed by atoms with Crippen molar-refractivity contribution >= 4 is 11.8 Å². The van der Waals surface area contributed by atoms with Gasteiger partial charge in [0.25, 0.3) is 0 Å². The van der Waals surface area contributed by atoms with E-state index in [1.165, 1.54) is 5.56 Å². The summed E-state index contributed by atoms with van der Waals surface area (Å²) in [6.45, 7) is 4.29. The molecule has 3 atom stereocenters. The third-order valence-electron chi connectivity index (χ3n) is 6.69. The summed E-state index contributed by atoms with van der Waals surface area (Å²) in [5.74, 6) is 0.690. The minimum Gasteiger partial charge on any atom is -0.340 e. The van der Waals surface area contributed by atoms with Gasteiger partial charge in [0.2, 0.25) is 11.8 Å². The van der Waals surface area contributed by atoms with Crippen LogP contribution in [0, 0.1) is 5.92 Å². The fraction of sp³-hybridized carbons (Fsp3) is 0.480. The van der Waals surface area contributed by atoms with E-state index >= 15 is 0 Å². The van der Waals surface area contributed by atoms with Gasteiger partial charge in [0.15, 0.2) is 0 Å². The molecule has 30 heavy (non-hydrogen) atoms. The first-order valence-electron chi connectivity index (χ1n) is 11.2. The Kier molecular flexibility index (Phi) is 6.46. The monoisotopic (exact) mass is 405 g/mol. The second-order valence-corrected chi connectivity index (χ2v) is 8.64. The van der Waals surface area contributed by atoms with Gasteiger partial charge in [-0.3, -0.25) is 14.6 Å². The molecule has 0 bridgehead atoms. The van der Waals surface area contributed by atoms with Gasteiger partial charge < -0.3 is 9.80 Å². The number of carbonyl (C=O) groups excluding carboxylic acids is 2. The van der Waals surface area contributed by atoms with Gasteiger partial charge >= 0.3 is 0 Å². The predicted octanol–water partition coefficient (Wildman–Crippen LogP) is 3.66. The van der Waals surface area contributed by atoms with Crippen LogP contribution in [0.5, 0.6) is 0 Å². The van der Waals surface area contributed by atoms with Crippen LogP contribution in [0.3, 0.4) is 0 Å². The van der Waals surface area contributed by atoms with Gasteiger partial charge in [0.05, 0.1) is 12.0 Å². The highest BCUT2D eigenvalue weighted by molar-refractivity contribution is 5.84. The molecule has 2 aliphatic heterocycles. The van der Waals surface area contributed by atoms with Crippen molar-refractivity contribution in [2.24, 2.45) is 5.92 Å². The van der Waals surface area contributed by atoms with Crippen molar-refractivity contribution in [1.82, 2.24) is 14.8 Å². The fourth-order valence-corrected chi connectivity index (χ4v) is 4.94. The predicted molar refractivity (Wildman–Crippen MR) is 117 cm³/mol. The Morgan fingerprint density at radius 1 is 1.10 bits per heavy atom. The van der Waals surface area contributed by atoms with Gasteiger partial charge in [-0.1, -0.05) is 30.3 Å². The molecule has 0 spiro atoms. The van der Waals surface area contributed by atoms with Crippen LogP contribution in [0.25, 0.3) is 0 Å². The summed E-state index contributed by atoms with van der Waals surface area (Å²) in [4.78, 5) is 34.2. The molecule has 1 aromatic heterocycles. The highest BCUT2D eigenvalue weighted by atomic mass is 16.2. The zero-order valence-electron chi connectivity index (χ0n) is 17.7. The van der Waals surface area contributed by atoms with Crippen LogP contribution < -0.4 is 0 Å². The number of amides is 2. The molecule has 5 nitrogen and oxygen atoms in total. The van der Waals surface area contributed by atoms with Crippen molar-refractivity contribution in [3.63, 3.8) is 0 Å². The number of aryl methyl sites for hydroxylation is 1. The van der Waals surface area contributed by atoms with Gasteiger partial charge in [-0.15, -0.1) is 0 Å². The first-order valence-corrected chi connectivity index (χ1v) is 11.2. The topological polar surface area (TPSA) is 53.5 Å². The zero-order chi connectivity index (χ0) is 20.9. The van der Waals surface area contributed by atoms with Crippen molar-refractivity contribution in [3.8, 4) is 0 Å². The molecule has 5 heteroatoms. The summed E-state index contributed by atoms with van der Waals surface area (Å²) >= 11 is 0. The molecule has 2 fully saturated rings. The number of hydrogen-bond donors (Lipinski definition) is 0. The number of fused-ring (bicyclic) bond motifs is 1. The molecule has 2 amide bonds. The lowest BCUT2D eigenvalue weighted by molar-refractivity contribution is -0.137. The fourth-order valence-electron chi connectivity index (χ4n) is 4.94. The summed E-state index contributed by atoms with van der Waals surface area (Å²) in [5.41, 5.74) is 2.28. The summed E-state index contributed by atoms with van der Waals surface area (Å²) in [6, 6.07) is 14.2. The highest BCUT2D eigenvalue weighted by Gasteiger charge is 2.43. The second-order valence-electron chi connectivity index (χ2n) is 8.64. The maximum absolute atomic E-state index is 13.3. The normalized spacial score (nSPS) is 21.9. The minimum absolute atomic E-state index is 0.143. The van der Waals surface area contributed by atoms with Gasteiger partial charge in [-0.25, -0.2) is 0 Å². The maximum Gasteiger partial charge on any atom is 0.230 e. The quantitative estimate of drug-likeness (QED) is 0.737. The summed E-state index contributed by atoms with van der Waals surface area (Å²) in [7, 11) is 0. The standard InChI is InChI=1S/C25H31N3O2/c1-19(21-8-3-2-4-9-21)25(30)28-16-6-10-22-17-27(18-23(22)28)24(29)11-5-7-20-12-14-26-15-13-20/h2-4,8-9,12-15,19,22-23H,5-7,10-11,16-18H2,1H3/t19-,22-,23+/m0/s1. The summed E-state index contributed by atoms with van der Waals surface area (Å²) in [6.07, 6.45) is 8.04. The van der Waals surface area contributed by atoms with Gasteiger partial charge in [-0.2, -0.15) is 0 Å². The molecule has 0 radical (unpaired) electrons. The lowest BCUT2D eigenvalue weighted by atomic mass is 9.90. The van der Waals surface area contributed by atoms with Crippen molar-refractivity contribution in [2.75, 3.05) is 19.6 Å². The van der Waals surface area contributed by atoms with E-state index in [9.17, 15) is 9.59 Å². The van der Waals surface area contributed by atoms with Gasteiger partial charge in [0, 0.05) is 38.4 Å². The molecular weight excluding hydrogens is 374 g/mol.